The summed E-state index contributed by atoms with van der Waals surface area (Å²) in [5.74, 6) is 1.19. The van der Waals surface area contributed by atoms with Gasteiger partial charge in [-0.15, -0.1) is 0 Å². The molecule has 8 heteroatoms. The van der Waals surface area contributed by atoms with Crippen molar-refractivity contribution in [1.82, 2.24) is 14.3 Å². The highest BCUT2D eigenvalue weighted by atomic mass is 32.2. The van der Waals surface area contributed by atoms with Crippen molar-refractivity contribution in [2.24, 2.45) is 0 Å². The zero-order chi connectivity index (χ0) is 13.6. The van der Waals surface area contributed by atoms with Crippen molar-refractivity contribution in [3.8, 4) is 0 Å². The SMILES string of the molecule is CCNc1ncc(S(=O)(=O)N(C)CCSC)cn1. The van der Waals surface area contributed by atoms with Gasteiger partial charge in [0.25, 0.3) is 0 Å². The van der Waals surface area contributed by atoms with E-state index in [-0.39, 0.29) is 4.90 Å². The van der Waals surface area contributed by atoms with Crippen LogP contribution in [0.25, 0.3) is 0 Å². The predicted molar refractivity (Wildman–Crippen MR) is 74.4 cm³/mol. The summed E-state index contributed by atoms with van der Waals surface area (Å²) in [5.41, 5.74) is 0. The second kappa shape index (κ2) is 6.91. The second-order valence-corrected chi connectivity index (χ2v) is 6.62. The van der Waals surface area contributed by atoms with Gasteiger partial charge in [-0.3, -0.25) is 0 Å². The van der Waals surface area contributed by atoms with E-state index in [1.54, 1.807) is 18.8 Å². The van der Waals surface area contributed by atoms with Crippen molar-refractivity contribution in [2.45, 2.75) is 11.8 Å². The first-order valence-electron chi connectivity index (χ1n) is 5.53. The number of anilines is 1. The summed E-state index contributed by atoms with van der Waals surface area (Å²) in [6.07, 6.45) is 4.60. The molecule has 0 radical (unpaired) electrons. The van der Waals surface area contributed by atoms with E-state index in [1.807, 2.05) is 13.2 Å². The third kappa shape index (κ3) is 3.82. The Kier molecular flexibility index (Phi) is 5.83. The molecule has 102 valence electrons. The van der Waals surface area contributed by atoms with Gasteiger partial charge in [-0.25, -0.2) is 22.7 Å². The first-order valence-corrected chi connectivity index (χ1v) is 8.37. The molecule has 1 aromatic rings. The van der Waals surface area contributed by atoms with Gasteiger partial charge in [0.2, 0.25) is 16.0 Å². The summed E-state index contributed by atoms with van der Waals surface area (Å²) in [7, 11) is -1.92. The van der Waals surface area contributed by atoms with E-state index in [0.29, 0.717) is 19.0 Å². The highest BCUT2D eigenvalue weighted by molar-refractivity contribution is 7.98. The topological polar surface area (TPSA) is 75.2 Å². The van der Waals surface area contributed by atoms with E-state index >= 15 is 0 Å². The first-order chi connectivity index (χ1) is 8.52. The maximum Gasteiger partial charge on any atom is 0.245 e. The molecule has 0 bridgehead atoms. The molecule has 0 atom stereocenters. The largest absolute Gasteiger partial charge is 0.355 e. The second-order valence-electron chi connectivity index (χ2n) is 3.59. The Hall–Kier alpha value is -0.860. The summed E-state index contributed by atoms with van der Waals surface area (Å²) in [5, 5.41) is 2.92. The average Bonchev–Trinajstić information content (AvgIpc) is 2.37. The molecule has 6 nitrogen and oxygen atoms in total. The van der Waals surface area contributed by atoms with E-state index in [0.717, 1.165) is 5.75 Å². The van der Waals surface area contributed by atoms with Gasteiger partial charge in [-0.2, -0.15) is 11.8 Å². The summed E-state index contributed by atoms with van der Waals surface area (Å²) >= 11 is 1.60. The lowest BCUT2D eigenvalue weighted by Crippen LogP contribution is -2.29. The maximum absolute atomic E-state index is 12.1. The molecule has 0 amide bonds. The standard InChI is InChI=1S/C10H18N4O2S2/c1-4-11-10-12-7-9(8-13-10)18(15,16)14(2)5-6-17-3/h7-8H,4-6H2,1-3H3,(H,11,12,13). The van der Waals surface area contributed by atoms with Gasteiger partial charge < -0.3 is 5.32 Å². The van der Waals surface area contributed by atoms with Crippen LogP contribution in [0.4, 0.5) is 5.95 Å². The molecule has 1 rings (SSSR count). The summed E-state index contributed by atoms with van der Waals surface area (Å²) in [4.78, 5) is 8.05. The van der Waals surface area contributed by atoms with E-state index in [1.165, 1.54) is 16.7 Å². The Labute approximate surface area is 112 Å². The molecule has 0 aliphatic rings. The summed E-state index contributed by atoms with van der Waals surface area (Å²) < 4.78 is 25.6. The summed E-state index contributed by atoms with van der Waals surface area (Å²) in [6.45, 7) is 3.09. The molecule has 0 saturated heterocycles. The average molecular weight is 290 g/mol. The van der Waals surface area contributed by atoms with Crippen LogP contribution in [0, 0.1) is 0 Å². The molecule has 0 aliphatic heterocycles. The zero-order valence-electron chi connectivity index (χ0n) is 10.8. The molecule has 0 saturated carbocycles. The van der Waals surface area contributed by atoms with Gasteiger partial charge in [0.15, 0.2) is 0 Å². The fraction of sp³-hybridized carbons (Fsp3) is 0.600. The van der Waals surface area contributed by atoms with Crippen LogP contribution in [0.5, 0.6) is 0 Å². The number of hydrogen-bond donors (Lipinski definition) is 1. The zero-order valence-corrected chi connectivity index (χ0v) is 12.4. The van der Waals surface area contributed by atoms with E-state index in [2.05, 4.69) is 15.3 Å². The summed E-state index contributed by atoms with van der Waals surface area (Å²) in [6, 6.07) is 0. The lowest BCUT2D eigenvalue weighted by atomic mass is 10.6. The molecule has 0 aliphatic carbocycles. The van der Waals surface area contributed by atoms with Crippen molar-refractivity contribution < 1.29 is 8.42 Å². The Morgan fingerprint density at radius 2 is 2.00 bits per heavy atom. The van der Waals surface area contributed by atoms with Crippen LogP contribution >= 0.6 is 11.8 Å². The molecule has 0 aromatic carbocycles. The number of aromatic nitrogens is 2. The third-order valence-electron chi connectivity index (χ3n) is 2.28. The monoisotopic (exact) mass is 290 g/mol. The minimum atomic E-state index is -3.48. The van der Waals surface area contributed by atoms with E-state index in [4.69, 9.17) is 0 Å². The molecule has 0 fully saturated rings. The van der Waals surface area contributed by atoms with Crippen molar-refractivity contribution in [3.63, 3.8) is 0 Å². The van der Waals surface area contributed by atoms with Crippen LogP contribution in [0.15, 0.2) is 17.3 Å². The van der Waals surface area contributed by atoms with Crippen LogP contribution in [0.2, 0.25) is 0 Å². The maximum atomic E-state index is 12.1. The van der Waals surface area contributed by atoms with E-state index in [9.17, 15) is 8.42 Å². The normalized spacial score (nSPS) is 11.8. The molecular formula is C10H18N4O2S2. The number of hydrogen-bond acceptors (Lipinski definition) is 6. The highest BCUT2D eigenvalue weighted by Crippen LogP contribution is 2.13. The van der Waals surface area contributed by atoms with E-state index < -0.39 is 10.0 Å². The van der Waals surface area contributed by atoms with Gasteiger partial charge in [0.1, 0.15) is 4.90 Å². The van der Waals surface area contributed by atoms with Gasteiger partial charge >= 0.3 is 0 Å². The molecule has 0 unspecified atom stereocenters. The fourth-order valence-corrected chi connectivity index (χ4v) is 2.85. The quantitative estimate of drug-likeness (QED) is 0.804. The van der Waals surface area contributed by atoms with Gasteiger partial charge in [0.05, 0.1) is 12.4 Å². The minimum Gasteiger partial charge on any atom is -0.355 e. The Bertz CT molecular complexity index is 461. The molecule has 1 N–H and O–H groups in total. The van der Waals surface area contributed by atoms with Crippen molar-refractivity contribution >= 4 is 27.7 Å². The number of sulfonamides is 1. The Morgan fingerprint density at radius 1 is 1.39 bits per heavy atom. The van der Waals surface area contributed by atoms with Crippen molar-refractivity contribution in [1.29, 1.82) is 0 Å². The van der Waals surface area contributed by atoms with Gasteiger partial charge in [-0.05, 0) is 13.2 Å². The van der Waals surface area contributed by atoms with Crippen molar-refractivity contribution in [3.05, 3.63) is 12.4 Å². The predicted octanol–water partition coefficient (Wildman–Crippen LogP) is 0.892. The molecule has 18 heavy (non-hydrogen) atoms. The number of rotatable bonds is 7. The lowest BCUT2D eigenvalue weighted by molar-refractivity contribution is 0.488. The Balaban J connectivity index is 2.84. The minimum absolute atomic E-state index is 0.118. The van der Waals surface area contributed by atoms with Crippen molar-refractivity contribution in [2.75, 3.05) is 37.5 Å². The number of nitrogens with one attached hydrogen (secondary N) is 1. The smallest absolute Gasteiger partial charge is 0.245 e. The highest BCUT2D eigenvalue weighted by Gasteiger charge is 2.21. The van der Waals surface area contributed by atoms with Gasteiger partial charge in [0, 0.05) is 25.9 Å². The first kappa shape index (κ1) is 15.2. The van der Waals surface area contributed by atoms with Gasteiger partial charge in [-0.1, -0.05) is 0 Å². The molecule has 1 aromatic heterocycles. The fourth-order valence-electron chi connectivity index (χ4n) is 1.22. The van der Waals surface area contributed by atoms with Crippen LogP contribution < -0.4 is 5.32 Å². The van der Waals surface area contributed by atoms with Crippen LogP contribution in [0.3, 0.4) is 0 Å². The third-order valence-corrected chi connectivity index (χ3v) is 4.68. The van der Waals surface area contributed by atoms with Crippen LogP contribution in [-0.2, 0) is 10.0 Å². The van der Waals surface area contributed by atoms with Crippen LogP contribution in [0.1, 0.15) is 6.92 Å². The molecule has 0 spiro atoms. The Morgan fingerprint density at radius 3 is 2.50 bits per heavy atom. The lowest BCUT2D eigenvalue weighted by Gasteiger charge is -2.16. The number of thioether (sulfide) groups is 1. The molecular weight excluding hydrogens is 272 g/mol. The van der Waals surface area contributed by atoms with Crippen LogP contribution in [-0.4, -0.2) is 54.8 Å². The molecule has 1 heterocycles. The number of nitrogens with zero attached hydrogens (tertiary/aromatic N) is 3.